The van der Waals surface area contributed by atoms with Crippen LogP contribution in [-0.4, -0.2) is 10.9 Å². The van der Waals surface area contributed by atoms with Crippen LogP contribution in [0.5, 0.6) is 0 Å². The van der Waals surface area contributed by atoms with Crippen molar-refractivity contribution in [1.82, 2.24) is 10.3 Å². The molecule has 0 bridgehead atoms. The van der Waals surface area contributed by atoms with Crippen molar-refractivity contribution in [3.05, 3.63) is 50.9 Å². The monoisotopic (exact) mass is 294 g/mol. The van der Waals surface area contributed by atoms with E-state index in [-0.39, 0.29) is 11.9 Å². The number of aryl methyl sites for hydroxylation is 1. The van der Waals surface area contributed by atoms with Crippen LogP contribution in [0.15, 0.2) is 30.5 Å². The highest BCUT2D eigenvalue weighted by atomic mass is 35.5. The van der Waals surface area contributed by atoms with Gasteiger partial charge in [-0.3, -0.25) is 9.78 Å². The quantitative estimate of drug-likeness (QED) is 0.937. The fourth-order valence-electron chi connectivity index (χ4n) is 1.71. The predicted molar refractivity (Wildman–Crippen MR) is 78.6 cm³/mol. The molecule has 2 aromatic rings. The summed E-state index contributed by atoms with van der Waals surface area (Å²) in [5.41, 5.74) is 1.87. The van der Waals surface area contributed by atoms with Crippen LogP contribution in [0, 0.1) is 6.92 Å². The van der Waals surface area contributed by atoms with Crippen molar-refractivity contribution < 1.29 is 4.79 Å². The summed E-state index contributed by atoms with van der Waals surface area (Å²) in [4.78, 5) is 17.2. The summed E-state index contributed by atoms with van der Waals surface area (Å²) in [5, 5.41) is 2.96. The van der Waals surface area contributed by atoms with Crippen molar-refractivity contribution >= 4 is 28.8 Å². The van der Waals surface area contributed by atoms with E-state index in [0.29, 0.717) is 6.42 Å². The Labute approximate surface area is 121 Å². The zero-order valence-electron chi connectivity index (χ0n) is 10.8. The van der Waals surface area contributed by atoms with E-state index in [1.807, 2.05) is 38.1 Å². The fraction of sp³-hybridized carbons (Fsp3) is 0.286. The molecule has 0 aliphatic rings. The first-order chi connectivity index (χ1) is 9.04. The lowest BCUT2D eigenvalue weighted by molar-refractivity contribution is -0.121. The highest BCUT2D eigenvalue weighted by molar-refractivity contribution is 7.16. The normalized spacial score (nSPS) is 12.2. The highest BCUT2D eigenvalue weighted by Crippen LogP contribution is 2.26. The molecule has 3 nitrogen and oxygen atoms in total. The first-order valence-electron chi connectivity index (χ1n) is 6.01. The molecule has 2 aromatic heterocycles. The van der Waals surface area contributed by atoms with E-state index >= 15 is 0 Å². The molecule has 0 saturated carbocycles. The van der Waals surface area contributed by atoms with Gasteiger partial charge in [-0.15, -0.1) is 11.3 Å². The summed E-state index contributed by atoms with van der Waals surface area (Å²) in [6.07, 6.45) is 2.08. The van der Waals surface area contributed by atoms with Crippen LogP contribution in [-0.2, 0) is 11.2 Å². The molecule has 0 saturated heterocycles. The Morgan fingerprint density at radius 1 is 1.42 bits per heavy atom. The average Bonchev–Trinajstić information content (AvgIpc) is 2.79. The van der Waals surface area contributed by atoms with Crippen molar-refractivity contribution in [2.75, 3.05) is 0 Å². The lowest BCUT2D eigenvalue weighted by atomic mass is 10.2. The first-order valence-corrected chi connectivity index (χ1v) is 7.20. The van der Waals surface area contributed by atoms with Crippen LogP contribution >= 0.6 is 22.9 Å². The number of thiophene rings is 1. The minimum absolute atomic E-state index is 0.0114. The van der Waals surface area contributed by atoms with Gasteiger partial charge in [0.25, 0.3) is 0 Å². The second-order valence-electron chi connectivity index (χ2n) is 4.42. The minimum Gasteiger partial charge on any atom is -0.348 e. The summed E-state index contributed by atoms with van der Waals surface area (Å²) in [5.74, 6) is -0.0114. The molecular weight excluding hydrogens is 280 g/mol. The molecule has 1 N–H and O–H groups in total. The van der Waals surface area contributed by atoms with E-state index in [0.717, 1.165) is 20.5 Å². The van der Waals surface area contributed by atoms with Gasteiger partial charge in [0, 0.05) is 16.8 Å². The van der Waals surface area contributed by atoms with Gasteiger partial charge in [-0.25, -0.2) is 0 Å². The molecule has 0 radical (unpaired) electrons. The number of carbonyl (C=O) groups is 1. The molecule has 100 valence electrons. The lowest BCUT2D eigenvalue weighted by Gasteiger charge is -2.12. The molecule has 0 spiro atoms. The summed E-state index contributed by atoms with van der Waals surface area (Å²) in [6, 6.07) is 7.59. The van der Waals surface area contributed by atoms with Gasteiger partial charge in [-0.2, -0.15) is 0 Å². The maximum Gasteiger partial charge on any atom is 0.224 e. The molecule has 19 heavy (non-hydrogen) atoms. The van der Waals surface area contributed by atoms with Crippen LogP contribution in [0.1, 0.15) is 29.1 Å². The highest BCUT2D eigenvalue weighted by Gasteiger charge is 2.12. The Kier molecular flexibility index (Phi) is 4.56. The summed E-state index contributed by atoms with van der Waals surface area (Å²) < 4.78 is 0.735. The molecule has 1 atom stereocenters. The van der Waals surface area contributed by atoms with Crippen LogP contribution in [0.2, 0.25) is 4.34 Å². The zero-order valence-corrected chi connectivity index (χ0v) is 12.4. The molecule has 0 aliphatic heterocycles. The zero-order chi connectivity index (χ0) is 13.8. The number of pyridine rings is 1. The van der Waals surface area contributed by atoms with Gasteiger partial charge in [0.15, 0.2) is 0 Å². The first kappa shape index (κ1) is 14.0. The number of rotatable bonds is 4. The summed E-state index contributed by atoms with van der Waals surface area (Å²) in [6.45, 7) is 3.87. The van der Waals surface area contributed by atoms with Gasteiger partial charge in [0.1, 0.15) is 0 Å². The molecule has 1 unspecified atom stereocenters. The third kappa shape index (κ3) is 4.04. The van der Waals surface area contributed by atoms with E-state index in [9.17, 15) is 4.79 Å². The van der Waals surface area contributed by atoms with Gasteiger partial charge < -0.3 is 5.32 Å². The Bertz CT molecular complexity index is 565. The Morgan fingerprint density at radius 2 is 2.21 bits per heavy atom. The third-order valence-electron chi connectivity index (χ3n) is 2.74. The molecule has 0 aliphatic carbocycles. The number of amides is 1. The van der Waals surface area contributed by atoms with Gasteiger partial charge in [0.05, 0.1) is 16.8 Å². The van der Waals surface area contributed by atoms with E-state index in [1.165, 1.54) is 11.3 Å². The number of hydrogen-bond donors (Lipinski definition) is 1. The summed E-state index contributed by atoms with van der Waals surface area (Å²) in [7, 11) is 0. The SMILES string of the molecule is Cc1ccc(CC(=O)NC(C)c2ccc(Cl)s2)cn1. The molecule has 0 aromatic carbocycles. The minimum atomic E-state index is -0.0246. The molecule has 0 fully saturated rings. The largest absolute Gasteiger partial charge is 0.348 e. The number of aromatic nitrogens is 1. The number of nitrogens with zero attached hydrogens (tertiary/aromatic N) is 1. The van der Waals surface area contributed by atoms with Crippen molar-refractivity contribution in [2.45, 2.75) is 26.3 Å². The standard InChI is InChI=1S/C14H15ClN2OS/c1-9-3-4-11(8-16-9)7-14(18)17-10(2)12-5-6-13(15)19-12/h3-6,8,10H,7H2,1-2H3,(H,17,18). The Hall–Kier alpha value is -1.39. The van der Waals surface area contributed by atoms with Gasteiger partial charge in [-0.05, 0) is 37.6 Å². The van der Waals surface area contributed by atoms with E-state index in [4.69, 9.17) is 11.6 Å². The van der Waals surface area contributed by atoms with E-state index < -0.39 is 0 Å². The number of hydrogen-bond acceptors (Lipinski definition) is 3. The van der Waals surface area contributed by atoms with Crippen LogP contribution in [0.3, 0.4) is 0 Å². The van der Waals surface area contributed by atoms with Crippen LogP contribution in [0.25, 0.3) is 0 Å². The maximum absolute atomic E-state index is 11.9. The van der Waals surface area contributed by atoms with Gasteiger partial charge >= 0.3 is 0 Å². The second-order valence-corrected chi connectivity index (χ2v) is 6.16. The number of halogens is 1. The van der Waals surface area contributed by atoms with Crippen LogP contribution in [0.4, 0.5) is 0 Å². The Balaban J connectivity index is 1.92. The molecule has 2 heterocycles. The Morgan fingerprint density at radius 3 is 2.79 bits per heavy atom. The second kappa shape index (κ2) is 6.17. The fourth-order valence-corrected chi connectivity index (χ4v) is 2.78. The smallest absolute Gasteiger partial charge is 0.224 e. The van der Waals surface area contributed by atoms with Gasteiger partial charge in [0.2, 0.25) is 5.91 Å². The third-order valence-corrected chi connectivity index (χ3v) is 4.15. The number of nitrogens with one attached hydrogen (secondary N) is 1. The predicted octanol–water partition coefficient (Wildman–Crippen LogP) is 3.52. The van der Waals surface area contributed by atoms with Crippen molar-refractivity contribution in [3.63, 3.8) is 0 Å². The topological polar surface area (TPSA) is 42.0 Å². The van der Waals surface area contributed by atoms with Gasteiger partial charge in [-0.1, -0.05) is 17.7 Å². The molecular formula is C14H15ClN2OS. The molecule has 1 amide bonds. The van der Waals surface area contributed by atoms with E-state index in [2.05, 4.69) is 10.3 Å². The van der Waals surface area contributed by atoms with E-state index in [1.54, 1.807) is 6.20 Å². The molecule has 2 rings (SSSR count). The maximum atomic E-state index is 11.9. The van der Waals surface area contributed by atoms with Crippen molar-refractivity contribution in [2.24, 2.45) is 0 Å². The number of carbonyl (C=O) groups excluding carboxylic acids is 1. The summed E-state index contributed by atoms with van der Waals surface area (Å²) >= 11 is 7.37. The van der Waals surface area contributed by atoms with Crippen molar-refractivity contribution in [1.29, 1.82) is 0 Å². The van der Waals surface area contributed by atoms with Crippen molar-refractivity contribution in [3.8, 4) is 0 Å². The lowest BCUT2D eigenvalue weighted by Crippen LogP contribution is -2.27. The average molecular weight is 295 g/mol. The molecule has 5 heteroatoms. The van der Waals surface area contributed by atoms with Crippen LogP contribution < -0.4 is 5.32 Å².